The molecule has 2 rings (SSSR count). The van der Waals surface area contributed by atoms with Crippen molar-refractivity contribution >= 4 is 10.0 Å². The van der Waals surface area contributed by atoms with E-state index in [0.717, 1.165) is 6.07 Å². The Morgan fingerprint density at radius 3 is 2.70 bits per heavy atom. The van der Waals surface area contributed by atoms with Crippen LogP contribution in [0.4, 0.5) is 4.39 Å². The molecule has 126 valence electrons. The van der Waals surface area contributed by atoms with Crippen molar-refractivity contribution in [3.05, 3.63) is 48.2 Å². The summed E-state index contributed by atoms with van der Waals surface area (Å²) in [5, 5.41) is 0. The zero-order chi connectivity index (χ0) is 16.9. The fraction of sp³-hybridized carbons (Fsp3) is 0.333. The van der Waals surface area contributed by atoms with E-state index in [0.29, 0.717) is 12.4 Å². The molecule has 0 aliphatic carbocycles. The molecule has 0 aliphatic rings. The van der Waals surface area contributed by atoms with E-state index in [2.05, 4.69) is 4.72 Å². The number of halogens is 1. The molecule has 1 aromatic heterocycles. The van der Waals surface area contributed by atoms with E-state index in [1.165, 1.54) is 25.5 Å². The van der Waals surface area contributed by atoms with Crippen molar-refractivity contribution in [2.45, 2.75) is 17.9 Å². The molecule has 1 unspecified atom stereocenters. The lowest BCUT2D eigenvalue weighted by molar-refractivity contribution is 0.0878. The summed E-state index contributed by atoms with van der Waals surface area (Å²) in [5.41, 5.74) is 0. The number of rotatable bonds is 8. The van der Waals surface area contributed by atoms with Gasteiger partial charge >= 0.3 is 0 Å². The number of nitrogens with one attached hydrogen (secondary N) is 1. The third-order valence-corrected chi connectivity index (χ3v) is 4.54. The van der Waals surface area contributed by atoms with Crippen molar-refractivity contribution in [3.8, 4) is 5.75 Å². The molecule has 1 atom stereocenters. The number of benzene rings is 1. The number of methoxy groups -OCH3 is 1. The van der Waals surface area contributed by atoms with E-state index in [1.54, 1.807) is 19.1 Å². The maximum absolute atomic E-state index is 13.8. The highest BCUT2D eigenvalue weighted by Gasteiger charge is 2.20. The normalized spacial score (nSPS) is 13.0. The zero-order valence-corrected chi connectivity index (χ0v) is 13.6. The van der Waals surface area contributed by atoms with Gasteiger partial charge < -0.3 is 13.9 Å². The molecule has 0 saturated carbocycles. The van der Waals surface area contributed by atoms with E-state index in [-0.39, 0.29) is 17.2 Å². The molecule has 0 spiro atoms. The van der Waals surface area contributed by atoms with E-state index in [9.17, 15) is 12.8 Å². The van der Waals surface area contributed by atoms with Crippen LogP contribution in [0.3, 0.4) is 0 Å². The predicted molar refractivity (Wildman–Crippen MR) is 81.2 cm³/mol. The molecular weight excluding hydrogens is 325 g/mol. The Kier molecular flexibility index (Phi) is 5.75. The van der Waals surface area contributed by atoms with Crippen LogP contribution in [0.15, 0.2) is 45.9 Å². The summed E-state index contributed by atoms with van der Waals surface area (Å²) < 4.78 is 56.1. The van der Waals surface area contributed by atoms with Crippen LogP contribution in [-0.2, 0) is 14.8 Å². The van der Waals surface area contributed by atoms with Crippen LogP contribution in [0, 0.1) is 5.82 Å². The average Bonchev–Trinajstić information content (AvgIpc) is 3.04. The van der Waals surface area contributed by atoms with Crippen molar-refractivity contribution < 1.29 is 26.7 Å². The Balaban J connectivity index is 2.11. The molecule has 0 amide bonds. The molecule has 2 aromatic rings. The lowest BCUT2D eigenvalue weighted by atomic mass is 10.3. The second-order valence-corrected chi connectivity index (χ2v) is 6.38. The molecule has 23 heavy (non-hydrogen) atoms. The van der Waals surface area contributed by atoms with Gasteiger partial charge in [0.1, 0.15) is 11.9 Å². The summed E-state index contributed by atoms with van der Waals surface area (Å²) in [6.07, 6.45) is 0.893. The topological polar surface area (TPSA) is 77.8 Å². The highest BCUT2D eigenvalue weighted by molar-refractivity contribution is 7.89. The molecule has 0 radical (unpaired) electrons. The summed E-state index contributed by atoms with van der Waals surface area (Å²) in [6.45, 7) is 1.96. The number of hydrogen-bond donors (Lipinski definition) is 1. The Morgan fingerprint density at radius 2 is 2.13 bits per heavy atom. The summed E-state index contributed by atoms with van der Waals surface area (Å²) in [4.78, 5) is -0.187. The van der Waals surface area contributed by atoms with Gasteiger partial charge in [-0.3, -0.25) is 0 Å². The van der Waals surface area contributed by atoms with Gasteiger partial charge in [-0.05, 0) is 37.3 Å². The second kappa shape index (κ2) is 7.58. The minimum atomic E-state index is -3.88. The van der Waals surface area contributed by atoms with Crippen LogP contribution in [-0.4, -0.2) is 28.7 Å². The van der Waals surface area contributed by atoms with Crippen molar-refractivity contribution in [1.82, 2.24) is 4.72 Å². The van der Waals surface area contributed by atoms with Crippen LogP contribution in [0.25, 0.3) is 0 Å². The fourth-order valence-corrected chi connectivity index (χ4v) is 3.01. The van der Waals surface area contributed by atoms with E-state index >= 15 is 0 Å². The monoisotopic (exact) mass is 343 g/mol. The summed E-state index contributed by atoms with van der Waals surface area (Å²) in [5.74, 6) is -0.228. The van der Waals surface area contributed by atoms with Crippen molar-refractivity contribution in [2.24, 2.45) is 0 Å². The standard InChI is InChI=1S/C15H18FNO5S/c1-3-21-13-7-6-11(9-12(13)16)23(18,19)17-10-15(20-2)14-5-4-8-22-14/h4-9,15,17H,3,10H2,1-2H3. The Morgan fingerprint density at radius 1 is 1.35 bits per heavy atom. The zero-order valence-electron chi connectivity index (χ0n) is 12.8. The molecule has 6 nitrogen and oxygen atoms in total. The van der Waals surface area contributed by atoms with Crippen molar-refractivity contribution in [3.63, 3.8) is 0 Å². The Bertz CT molecular complexity index is 730. The first kappa shape index (κ1) is 17.5. The van der Waals surface area contributed by atoms with E-state index < -0.39 is 21.9 Å². The summed E-state index contributed by atoms with van der Waals surface area (Å²) in [7, 11) is -2.44. The van der Waals surface area contributed by atoms with Crippen LogP contribution in [0.2, 0.25) is 0 Å². The lowest BCUT2D eigenvalue weighted by Gasteiger charge is -2.14. The molecule has 0 saturated heterocycles. The molecule has 1 heterocycles. The lowest BCUT2D eigenvalue weighted by Crippen LogP contribution is -2.29. The van der Waals surface area contributed by atoms with E-state index in [4.69, 9.17) is 13.9 Å². The second-order valence-electron chi connectivity index (χ2n) is 4.62. The molecule has 8 heteroatoms. The van der Waals surface area contributed by atoms with Gasteiger partial charge in [0.25, 0.3) is 0 Å². The van der Waals surface area contributed by atoms with Crippen LogP contribution in [0.5, 0.6) is 5.75 Å². The fourth-order valence-electron chi connectivity index (χ4n) is 1.96. The van der Waals surface area contributed by atoms with Gasteiger partial charge in [0.15, 0.2) is 11.6 Å². The van der Waals surface area contributed by atoms with Gasteiger partial charge in [-0.1, -0.05) is 0 Å². The van der Waals surface area contributed by atoms with Crippen molar-refractivity contribution in [2.75, 3.05) is 20.3 Å². The number of sulfonamides is 1. The first-order valence-corrected chi connectivity index (χ1v) is 8.44. The maximum Gasteiger partial charge on any atom is 0.240 e. The molecule has 0 aliphatic heterocycles. The van der Waals surface area contributed by atoms with Gasteiger partial charge in [-0.15, -0.1) is 0 Å². The highest BCUT2D eigenvalue weighted by Crippen LogP contribution is 2.22. The first-order chi connectivity index (χ1) is 11.0. The predicted octanol–water partition coefficient (Wildman–Crippen LogP) is 2.48. The quantitative estimate of drug-likeness (QED) is 0.797. The largest absolute Gasteiger partial charge is 0.491 e. The average molecular weight is 343 g/mol. The Hall–Kier alpha value is -1.90. The first-order valence-electron chi connectivity index (χ1n) is 6.96. The number of furan rings is 1. The molecule has 0 fully saturated rings. The Labute approximate surface area is 134 Å². The summed E-state index contributed by atoms with van der Waals surface area (Å²) >= 11 is 0. The highest BCUT2D eigenvalue weighted by atomic mass is 32.2. The summed E-state index contributed by atoms with van der Waals surface area (Å²) in [6, 6.07) is 6.84. The third kappa shape index (κ3) is 4.31. The molecule has 0 bridgehead atoms. The molecular formula is C15H18FNO5S. The van der Waals surface area contributed by atoms with Gasteiger partial charge in [0.2, 0.25) is 10.0 Å². The minimum Gasteiger partial charge on any atom is -0.491 e. The SMILES string of the molecule is CCOc1ccc(S(=O)(=O)NCC(OC)c2ccco2)cc1F. The van der Waals surface area contributed by atoms with Crippen LogP contribution >= 0.6 is 0 Å². The minimum absolute atomic E-state index is 0.0109. The van der Waals surface area contributed by atoms with Crippen LogP contribution in [0.1, 0.15) is 18.8 Å². The number of hydrogen-bond acceptors (Lipinski definition) is 5. The third-order valence-electron chi connectivity index (χ3n) is 3.12. The maximum atomic E-state index is 13.8. The number of ether oxygens (including phenoxy) is 2. The van der Waals surface area contributed by atoms with Crippen molar-refractivity contribution in [1.29, 1.82) is 0 Å². The van der Waals surface area contributed by atoms with Gasteiger partial charge in [0.05, 0.1) is 17.8 Å². The van der Waals surface area contributed by atoms with Gasteiger partial charge in [0, 0.05) is 13.7 Å². The smallest absolute Gasteiger partial charge is 0.240 e. The molecule has 1 N–H and O–H groups in total. The van der Waals surface area contributed by atoms with Gasteiger partial charge in [-0.25, -0.2) is 17.5 Å². The molecule has 1 aromatic carbocycles. The van der Waals surface area contributed by atoms with Crippen LogP contribution < -0.4 is 9.46 Å². The van der Waals surface area contributed by atoms with Gasteiger partial charge in [-0.2, -0.15) is 0 Å². The van der Waals surface area contributed by atoms with E-state index in [1.807, 2.05) is 0 Å².